The topological polar surface area (TPSA) is 72.6 Å². The van der Waals surface area contributed by atoms with Crippen LogP contribution in [0.3, 0.4) is 0 Å². The first kappa shape index (κ1) is 15.9. The number of rotatable bonds is 5. The Morgan fingerprint density at radius 2 is 1.90 bits per heavy atom. The normalized spacial score (nSPS) is 12.2. The van der Waals surface area contributed by atoms with E-state index in [-0.39, 0.29) is 5.91 Å². The highest BCUT2D eigenvalue weighted by molar-refractivity contribution is 5.91. The number of benzene rings is 1. The molecule has 5 nitrogen and oxygen atoms in total. The number of esters is 1. The predicted octanol–water partition coefficient (Wildman–Crippen LogP) is 0.831. The van der Waals surface area contributed by atoms with Crippen LogP contribution in [0.5, 0.6) is 0 Å². The Kier molecular flexibility index (Phi) is 5.93. The molecular weight excluding hydrogens is 256 g/mol. The lowest BCUT2D eigenvalue weighted by Gasteiger charge is -2.09. The zero-order valence-corrected chi connectivity index (χ0v) is 12.0. The van der Waals surface area contributed by atoms with Gasteiger partial charge in [-0.2, -0.15) is 0 Å². The van der Waals surface area contributed by atoms with Crippen molar-refractivity contribution >= 4 is 18.0 Å². The van der Waals surface area contributed by atoms with Crippen LogP contribution in [-0.4, -0.2) is 44.0 Å². The summed E-state index contributed by atoms with van der Waals surface area (Å²) in [5, 5.41) is 0. The molecule has 0 saturated carbocycles. The average Bonchev–Trinajstić information content (AvgIpc) is 2.45. The smallest absolute Gasteiger partial charge is 0.322 e. The molecule has 0 aromatic heterocycles. The van der Waals surface area contributed by atoms with E-state index in [0.717, 1.165) is 11.1 Å². The second-order valence-electron chi connectivity index (χ2n) is 4.64. The summed E-state index contributed by atoms with van der Waals surface area (Å²) in [6.07, 6.45) is 3.68. The van der Waals surface area contributed by atoms with E-state index in [1.165, 1.54) is 18.1 Å². The zero-order valence-electron chi connectivity index (χ0n) is 12.0. The Balaban J connectivity index is 2.65. The molecule has 0 heterocycles. The number of methoxy groups -OCH3 is 1. The zero-order chi connectivity index (χ0) is 15.1. The summed E-state index contributed by atoms with van der Waals surface area (Å²) in [6, 6.07) is 6.85. The summed E-state index contributed by atoms with van der Waals surface area (Å²) >= 11 is 0. The van der Waals surface area contributed by atoms with E-state index in [1.54, 1.807) is 20.2 Å². The van der Waals surface area contributed by atoms with Gasteiger partial charge in [0.1, 0.15) is 6.04 Å². The van der Waals surface area contributed by atoms with Crippen molar-refractivity contribution in [2.75, 3.05) is 21.2 Å². The molecule has 0 spiro atoms. The Bertz CT molecular complexity index is 492. The summed E-state index contributed by atoms with van der Waals surface area (Å²) in [4.78, 5) is 24.1. The molecule has 20 heavy (non-hydrogen) atoms. The first-order valence-corrected chi connectivity index (χ1v) is 6.25. The molecule has 1 aromatic carbocycles. The molecule has 108 valence electrons. The average molecular weight is 276 g/mol. The van der Waals surface area contributed by atoms with Crippen molar-refractivity contribution in [3.05, 3.63) is 41.5 Å². The molecule has 0 aliphatic heterocycles. The van der Waals surface area contributed by atoms with E-state index in [9.17, 15) is 9.59 Å². The van der Waals surface area contributed by atoms with Crippen LogP contribution >= 0.6 is 0 Å². The fourth-order valence-electron chi connectivity index (χ4n) is 1.57. The molecule has 1 atom stereocenters. The Morgan fingerprint density at radius 1 is 1.30 bits per heavy atom. The standard InChI is InChI=1S/C15H20N2O3/c1-17(2)14(18)9-8-11-4-6-12(7-5-11)10-13(16)15(19)20-3/h4-9,13H,10,16H2,1-3H3/b9-8+/t13-/m0/s1. The number of amides is 1. The van der Waals surface area contributed by atoms with Crippen LogP contribution in [0.2, 0.25) is 0 Å². The molecular formula is C15H20N2O3. The molecule has 1 amide bonds. The molecule has 5 heteroatoms. The van der Waals surface area contributed by atoms with Crippen LogP contribution in [-0.2, 0) is 20.7 Å². The Labute approximate surface area is 119 Å². The van der Waals surface area contributed by atoms with Gasteiger partial charge in [0, 0.05) is 20.2 Å². The maximum atomic E-state index is 11.4. The van der Waals surface area contributed by atoms with Crippen LogP contribution in [0.4, 0.5) is 0 Å². The monoisotopic (exact) mass is 276 g/mol. The maximum absolute atomic E-state index is 11.4. The number of hydrogen-bond donors (Lipinski definition) is 1. The molecule has 0 saturated heterocycles. The maximum Gasteiger partial charge on any atom is 0.322 e. The molecule has 0 aliphatic rings. The molecule has 0 bridgehead atoms. The van der Waals surface area contributed by atoms with Crippen LogP contribution in [0, 0.1) is 0 Å². The fourth-order valence-corrected chi connectivity index (χ4v) is 1.57. The van der Waals surface area contributed by atoms with E-state index in [1.807, 2.05) is 24.3 Å². The second-order valence-corrected chi connectivity index (χ2v) is 4.64. The quantitative estimate of drug-likeness (QED) is 0.638. The SMILES string of the molecule is COC(=O)[C@@H](N)Cc1ccc(/C=C/C(=O)N(C)C)cc1. The molecule has 2 N–H and O–H groups in total. The molecule has 0 fully saturated rings. The first-order valence-electron chi connectivity index (χ1n) is 6.25. The summed E-state index contributed by atoms with van der Waals surface area (Å²) in [6.45, 7) is 0. The van der Waals surface area contributed by atoms with Crippen LogP contribution < -0.4 is 5.73 Å². The number of nitrogens with two attached hydrogens (primary N) is 1. The minimum atomic E-state index is -0.656. The number of likely N-dealkylation sites (N-methyl/N-ethyl adjacent to an activating group) is 1. The van der Waals surface area contributed by atoms with Gasteiger partial charge < -0.3 is 15.4 Å². The molecule has 1 rings (SSSR count). The summed E-state index contributed by atoms with van der Waals surface area (Å²) in [5.41, 5.74) is 7.55. The van der Waals surface area contributed by atoms with Gasteiger partial charge in [-0.3, -0.25) is 9.59 Å². The van der Waals surface area contributed by atoms with Crippen molar-refractivity contribution in [2.45, 2.75) is 12.5 Å². The number of nitrogens with zero attached hydrogens (tertiary/aromatic N) is 1. The van der Waals surface area contributed by atoms with Gasteiger partial charge in [0.2, 0.25) is 5.91 Å². The van der Waals surface area contributed by atoms with Crippen molar-refractivity contribution in [3.63, 3.8) is 0 Å². The Morgan fingerprint density at radius 3 is 2.40 bits per heavy atom. The lowest BCUT2D eigenvalue weighted by atomic mass is 10.0. The highest BCUT2D eigenvalue weighted by Gasteiger charge is 2.13. The van der Waals surface area contributed by atoms with Crippen LogP contribution in [0.25, 0.3) is 6.08 Å². The predicted molar refractivity (Wildman–Crippen MR) is 77.9 cm³/mol. The number of carbonyl (C=O) groups is 2. The van der Waals surface area contributed by atoms with Crippen LogP contribution in [0.1, 0.15) is 11.1 Å². The van der Waals surface area contributed by atoms with E-state index in [0.29, 0.717) is 6.42 Å². The highest BCUT2D eigenvalue weighted by Crippen LogP contribution is 2.08. The summed E-state index contributed by atoms with van der Waals surface area (Å²) < 4.78 is 4.58. The summed E-state index contributed by atoms with van der Waals surface area (Å²) in [5.74, 6) is -0.493. The lowest BCUT2D eigenvalue weighted by molar-refractivity contribution is -0.142. The van der Waals surface area contributed by atoms with Gasteiger partial charge in [0.05, 0.1) is 7.11 Å². The van der Waals surface area contributed by atoms with Crippen molar-refractivity contribution in [3.8, 4) is 0 Å². The van der Waals surface area contributed by atoms with Gasteiger partial charge in [0.15, 0.2) is 0 Å². The molecule has 1 aromatic rings. The van der Waals surface area contributed by atoms with E-state index >= 15 is 0 Å². The van der Waals surface area contributed by atoms with E-state index in [2.05, 4.69) is 4.74 Å². The Hall–Kier alpha value is -2.14. The van der Waals surface area contributed by atoms with Gasteiger partial charge in [-0.1, -0.05) is 24.3 Å². The first-order chi connectivity index (χ1) is 9.43. The lowest BCUT2D eigenvalue weighted by Crippen LogP contribution is -2.33. The van der Waals surface area contributed by atoms with Gasteiger partial charge in [-0.25, -0.2) is 0 Å². The van der Waals surface area contributed by atoms with Gasteiger partial charge in [-0.05, 0) is 23.6 Å². The highest BCUT2D eigenvalue weighted by atomic mass is 16.5. The fraction of sp³-hybridized carbons (Fsp3) is 0.333. The van der Waals surface area contributed by atoms with Gasteiger partial charge >= 0.3 is 5.97 Å². The third-order valence-corrected chi connectivity index (χ3v) is 2.80. The van der Waals surface area contributed by atoms with Crippen molar-refractivity contribution < 1.29 is 14.3 Å². The largest absolute Gasteiger partial charge is 0.468 e. The third kappa shape index (κ3) is 4.85. The van der Waals surface area contributed by atoms with Crippen LogP contribution in [0.15, 0.2) is 30.3 Å². The number of ether oxygens (including phenoxy) is 1. The van der Waals surface area contributed by atoms with E-state index in [4.69, 9.17) is 5.73 Å². The third-order valence-electron chi connectivity index (χ3n) is 2.80. The molecule has 0 aliphatic carbocycles. The van der Waals surface area contributed by atoms with Crippen molar-refractivity contribution in [1.82, 2.24) is 4.90 Å². The van der Waals surface area contributed by atoms with E-state index < -0.39 is 12.0 Å². The molecule has 0 unspecified atom stereocenters. The van der Waals surface area contributed by atoms with Gasteiger partial charge in [-0.15, -0.1) is 0 Å². The minimum absolute atomic E-state index is 0.0678. The van der Waals surface area contributed by atoms with Gasteiger partial charge in [0.25, 0.3) is 0 Å². The number of carbonyl (C=O) groups excluding carboxylic acids is 2. The minimum Gasteiger partial charge on any atom is -0.468 e. The second kappa shape index (κ2) is 7.45. The molecule has 0 radical (unpaired) electrons. The summed E-state index contributed by atoms with van der Waals surface area (Å²) in [7, 11) is 4.71. The number of hydrogen-bond acceptors (Lipinski definition) is 4. The van der Waals surface area contributed by atoms with Crippen molar-refractivity contribution in [1.29, 1.82) is 0 Å². The van der Waals surface area contributed by atoms with Crippen molar-refractivity contribution in [2.24, 2.45) is 5.73 Å².